The van der Waals surface area contributed by atoms with Crippen LogP contribution in [0.25, 0.3) is 10.9 Å². The summed E-state index contributed by atoms with van der Waals surface area (Å²) in [6, 6.07) is 5.57. The quantitative estimate of drug-likeness (QED) is 0.904. The Balaban J connectivity index is 2.86. The number of carboxylic acid groups (broad SMARTS) is 1. The molecule has 3 N–H and O–H groups in total. The maximum absolute atomic E-state index is 11.3. The largest absolute Gasteiger partial charge is 0.478 e. The van der Waals surface area contributed by atoms with Crippen molar-refractivity contribution in [1.82, 2.24) is 4.57 Å². The highest BCUT2D eigenvalue weighted by Gasteiger charge is 2.22. The van der Waals surface area contributed by atoms with Crippen molar-refractivity contribution in [1.29, 1.82) is 0 Å². The minimum absolute atomic E-state index is 0.124. The molecular formula is C16H22N2O2. The number of fused-ring (bicyclic) bond motifs is 1. The SMILES string of the molecule is Cc1cc2cc(C(=O)O)cc(C(C)(C)C)c2n1CCN. The van der Waals surface area contributed by atoms with Crippen LogP contribution < -0.4 is 5.73 Å². The van der Waals surface area contributed by atoms with E-state index in [1.807, 2.05) is 13.0 Å². The van der Waals surface area contributed by atoms with E-state index in [1.165, 1.54) is 0 Å². The number of nitrogens with two attached hydrogens (primary N) is 1. The summed E-state index contributed by atoms with van der Waals surface area (Å²) in [5.41, 5.74) is 9.18. The van der Waals surface area contributed by atoms with Crippen molar-refractivity contribution in [3.8, 4) is 0 Å². The Bertz CT molecular complexity index is 663. The summed E-state index contributed by atoms with van der Waals surface area (Å²) < 4.78 is 2.18. The number of carboxylic acids is 1. The van der Waals surface area contributed by atoms with Crippen LogP contribution in [0.1, 0.15) is 42.4 Å². The predicted octanol–water partition coefficient (Wildman–Crippen LogP) is 2.90. The number of hydrogen-bond acceptors (Lipinski definition) is 2. The zero-order valence-corrected chi connectivity index (χ0v) is 12.5. The summed E-state index contributed by atoms with van der Waals surface area (Å²) in [7, 11) is 0. The monoisotopic (exact) mass is 274 g/mol. The molecule has 1 aromatic heterocycles. The smallest absolute Gasteiger partial charge is 0.335 e. The molecule has 1 heterocycles. The number of benzene rings is 1. The number of hydrogen-bond donors (Lipinski definition) is 2. The lowest BCUT2D eigenvalue weighted by Gasteiger charge is -2.23. The van der Waals surface area contributed by atoms with E-state index < -0.39 is 5.97 Å². The molecule has 0 fully saturated rings. The van der Waals surface area contributed by atoms with Crippen molar-refractivity contribution in [3.63, 3.8) is 0 Å². The highest BCUT2D eigenvalue weighted by Crippen LogP contribution is 2.33. The van der Waals surface area contributed by atoms with Crippen molar-refractivity contribution in [3.05, 3.63) is 35.0 Å². The summed E-state index contributed by atoms with van der Waals surface area (Å²) in [5.74, 6) is -0.887. The lowest BCUT2D eigenvalue weighted by atomic mass is 9.84. The molecule has 0 saturated carbocycles. The summed E-state index contributed by atoms with van der Waals surface area (Å²) >= 11 is 0. The Hall–Kier alpha value is -1.81. The number of aromatic carboxylic acids is 1. The maximum atomic E-state index is 11.3. The van der Waals surface area contributed by atoms with Crippen molar-refractivity contribution in [2.45, 2.75) is 39.7 Å². The Kier molecular flexibility index (Phi) is 3.61. The molecule has 20 heavy (non-hydrogen) atoms. The number of aromatic nitrogens is 1. The Morgan fingerprint density at radius 3 is 2.45 bits per heavy atom. The van der Waals surface area contributed by atoms with Crippen LogP contribution in [0.15, 0.2) is 18.2 Å². The van der Waals surface area contributed by atoms with Gasteiger partial charge in [0.05, 0.1) is 11.1 Å². The van der Waals surface area contributed by atoms with Gasteiger partial charge in [-0.15, -0.1) is 0 Å². The van der Waals surface area contributed by atoms with Gasteiger partial charge in [-0.05, 0) is 36.1 Å². The number of nitrogens with zero attached hydrogens (tertiary/aromatic N) is 1. The highest BCUT2D eigenvalue weighted by atomic mass is 16.4. The summed E-state index contributed by atoms with van der Waals surface area (Å²) in [6.07, 6.45) is 0. The van der Waals surface area contributed by atoms with E-state index in [1.54, 1.807) is 12.1 Å². The highest BCUT2D eigenvalue weighted by molar-refractivity contribution is 5.96. The van der Waals surface area contributed by atoms with Crippen LogP contribution in [0.3, 0.4) is 0 Å². The van der Waals surface area contributed by atoms with Gasteiger partial charge in [-0.1, -0.05) is 20.8 Å². The summed E-state index contributed by atoms with van der Waals surface area (Å²) in [5, 5.41) is 10.3. The molecule has 0 bridgehead atoms. The van der Waals surface area contributed by atoms with Gasteiger partial charge < -0.3 is 15.4 Å². The van der Waals surface area contributed by atoms with Crippen LogP contribution in [0.2, 0.25) is 0 Å². The van der Waals surface area contributed by atoms with Crippen LogP contribution in [-0.4, -0.2) is 22.2 Å². The van der Waals surface area contributed by atoms with Crippen LogP contribution in [0.4, 0.5) is 0 Å². The van der Waals surface area contributed by atoms with Crippen molar-refractivity contribution in [2.75, 3.05) is 6.54 Å². The second-order valence-corrected chi connectivity index (χ2v) is 6.24. The van der Waals surface area contributed by atoms with Gasteiger partial charge in [0, 0.05) is 24.2 Å². The molecule has 4 nitrogen and oxygen atoms in total. The van der Waals surface area contributed by atoms with E-state index in [4.69, 9.17) is 5.73 Å². The average Bonchev–Trinajstić information content (AvgIpc) is 2.64. The van der Waals surface area contributed by atoms with Crippen LogP contribution in [0, 0.1) is 6.92 Å². The molecule has 0 spiro atoms. The van der Waals surface area contributed by atoms with Gasteiger partial charge in [-0.3, -0.25) is 0 Å². The molecule has 108 valence electrons. The first-order valence-electron chi connectivity index (χ1n) is 6.83. The molecule has 2 aromatic rings. The fourth-order valence-electron chi connectivity index (χ4n) is 2.66. The van der Waals surface area contributed by atoms with Gasteiger partial charge in [0.1, 0.15) is 0 Å². The van der Waals surface area contributed by atoms with Crippen molar-refractivity contribution >= 4 is 16.9 Å². The second kappa shape index (κ2) is 4.94. The Labute approximate surface area is 119 Å². The molecule has 0 amide bonds. The molecule has 0 aliphatic carbocycles. The third kappa shape index (κ3) is 2.43. The standard InChI is InChI=1S/C16H22N2O2/c1-10-7-11-8-12(15(19)20)9-13(16(2,3)4)14(11)18(10)6-5-17/h7-9H,5-6,17H2,1-4H3,(H,19,20). The minimum atomic E-state index is -0.887. The van der Waals surface area contributed by atoms with Crippen LogP contribution >= 0.6 is 0 Å². The number of aryl methyl sites for hydroxylation is 1. The molecule has 0 aliphatic rings. The van der Waals surface area contributed by atoms with Crippen molar-refractivity contribution in [2.24, 2.45) is 5.73 Å². The first-order chi connectivity index (χ1) is 9.25. The first kappa shape index (κ1) is 14.6. The van der Waals surface area contributed by atoms with Gasteiger partial charge in [-0.25, -0.2) is 4.79 Å². The third-order valence-corrected chi connectivity index (χ3v) is 3.61. The normalized spacial score (nSPS) is 12.1. The van der Waals surface area contributed by atoms with Crippen LogP contribution in [0.5, 0.6) is 0 Å². The molecule has 0 unspecified atom stereocenters. The van der Waals surface area contributed by atoms with E-state index in [2.05, 4.69) is 25.3 Å². The van der Waals surface area contributed by atoms with Gasteiger partial charge in [0.25, 0.3) is 0 Å². The molecular weight excluding hydrogens is 252 g/mol. The van der Waals surface area contributed by atoms with Gasteiger partial charge in [-0.2, -0.15) is 0 Å². The van der Waals surface area contributed by atoms with E-state index in [0.29, 0.717) is 12.1 Å². The van der Waals surface area contributed by atoms with E-state index in [0.717, 1.165) is 28.7 Å². The number of rotatable bonds is 3. The number of carbonyl (C=O) groups is 1. The third-order valence-electron chi connectivity index (χ3n) is 3.61. The second-order valence-electron chi connectivity index (χ2n) is 6.24. The zero-order chi connectivity index (χ0) is 15.1. The fraction of sp³-hybridized carbons (Fsp3) is 0.438. The molecule has 0 atom stereocenters. The minimum Gasteiger partial charge on any atom is -0.478 e. The molecule has 1 aromatic carbocycles. The average molecular weight is 274 g/mol. The van der Waals surface area contributed by atoms with E-state index >= 15 is 0 Å². The molecule has 2 rings (SSSR count). The molecule has 0 aliphatic heterocycles. The van der Waals surface area contributed by atoms with E-state index in [-0.39, 0.29) is 5.41 Å². The summed E-state index contributed by atoms with van der Waals surface area (Å²) in [4.78, 5) is 11.3. The molecule has 0 radical (unpaired) electrons. The first-order valence-corrected chi connectivity index (χ1v) is 6.83. The van der Waals surface area contributed by atoms with Crippen molar-refractivity contribution < 1.29 is 9.90 Å². The van der Waals surface area contributed by atoms with E-state index in [9.17, 15) is 9.90 Å². The molecule has 0 saturated heterocycles. The topological polar surface area (TPSA) is 68.2 Å². The van der Waals surface area contributed by atoms with Crippen LogP contribution in [-0.2, 0) is 12.0 Å². The Morgan fingerprint density at radius 1 is 1.30 bits per heavy atom. The van der Waals surface area contributed by atoms with Gasteiger partial charge in [0.2, 0.25) is 0 Å². The fourth-order valence-corrected chi connectivity index (χ4v) is 2.66. The van der Waals surface area contributed by atoms with Gasteiger partial charge in [0.15, 0.2) is 0 Å². The lowest BCUT2D eigenvalue weighted by molar-refractivity contribution is 0.0697. The Morgan fingerprint density at radius 2 is 1.95 bits per heavy atom. The van der Waals surface area contributed by atoms with Gasteiger partial charge >= 0.3 is 5.97 Å². The zero-order valence-electron chi connectivity index (χ0n) is 12.5. The predicted molar refractivity (Wildman–Crippen MR) is 81.4 cm³/mol. The lowest BCUT2D eigenvalue weighted by Crippen LogP contribution is -2.17. The molecule has 4 heteroatoms. The summed E-state index contributed by atoms with van der Waals surface area (Å²) in [6.45, 7) is 9.63. The maximum Gasteiger partial charge on any atom is 0.335 e.